The lowest BCUT2D eigenvalue weighted by atomic mass is 10.0. The summed E-state index contributed by atoms with van der Waals surface area (Å²) in [5.74, 6) is 0.760. The molecular weight excluding hydrogens is 212 g/mol. The highest BCUT2D eigenvalue weighted by Crippen LogP contribution is 2.05. The van der Waals surface area contributed by atoms with E-state index in [1.807, 2.05) is 12.3 Å². The van der Waals surface area contributed by atoms with Crippen molar-refractivity contribution in [3.8, 4) is 0 Å². The number of hydrogen-bond donors (Lipinski definition) is 1. The molecule has 0 amide bonds. The number of nitrogens with zero attached hydrogens (tertiary/aromatic N) is 1. The molecule has 0 aliphatic carbocycles. The Morgan fingerprint density at radius 2 is 2.00 bits per heavy atom. The molecule has 0 spiro atoms. The molecule has 1 heterocycles. The van der Waals surface area contributed by atoms with E-state index >= 15 is 0 Å². The van der Waals surface area contributed by atoms with Crippen LogP contribution in [0.3, 0.4) is 0 Å². The molecule has 96 valence electrons. The standard InChI is InChI=1S/C14H24N2O/c1-12(2)7-8-13(3)15-9-11-16-10-5-4-6-14(16)17/h4-6,10,12-13,15H,7-9,11H2,1-3H3. The molecule has 0 radical (unpaired) electrons. The molecule has 1 atom stereocenters. The van der Waals surface area contributed by atoms with Crippen molar-refractivity contribution in [2.75, 3.05) is 6.54 Å². The van der Waals surface area contributed by atoms with Gasteiger partial charge in [0, 0.05) is 31.4 Å². The Labute approximate surface area is 104 Å². The summed E-state index contributed by atoms with van der Waals surface area (Å²) >= 11 is 0. The third kappa shape index (κ3) is 5.68. The van der Waals surface area contributed by atoms with Gasteiger partial charge >= 0.3 is 0 Å². The van der Waals surface area contributed by atoms with Crippen molar-refractivity contribution in [2.24, 2.45) is 5.92 Å². The van der Waals surface area contributed by atoms with Crippen LogP contribution in [0.5, 0.6) is 0 Å². The van der Waals surface area contributed by atoms with Crippen LogP contribution < -0.4 is 10.9 Å². The third-order valence-corrected chi connectivity index (χ3v) is 2.92. The fourth-order valence-corrected chi connectivity index (χ4v) is 1.76. The molecule has 1 unspecified atom stereocenters. The van der Waals surface area contributed by atoms with Crippen LogP contribution in [0.2, 0.25) is 0 Å². The normalized spacial score (nSPS) is 12.9. The molecule has 1 rings (SSSR count). The maximum atomic E-state index is 11.4. The molecule has 0 fully saturated rings. The topological polar surface area (TPSA) is 34.0 Å². The fraction of sp³-hybridized carbons (Fsp3) is 0.643. The molecule has 1 N–H and O–H groups in total. The van der Waals surface area contributed by atoms with Gasteiger partial charge in [0.1, 0.15) is 0 Å². The average Bonchev–Trinajstić information content (AvgIpc) is 2.29. The van der Waals surface area contributed by atoms with E-state index in [0.29, 0.717) is 6.04 Å². The van der Waals surface area contributed by atoms with Gasteiger partial charge in [-0.05, 0) is 31.7 Å². The molecule has 3 heteroatoms. The van der Waals surface area contributed by atoms with Gasteiger partial charge in [-0.25, -0.2) is 0 Å². The molecule has 1 aromatic rings. The minimum absolute atomic E-state index is 0.0733. The Bertz CT molecular complexity index is 370. The number of pyridine rings is 1. The summed E-state index contributed by atoms with van der Waals surface area (Å²) in [5, 5.41) is 3.45. The lowest BCUT2D eigenvalue weighted by Gasteiger charge is -2.15. The summed E-state index contributed by atoms with van der Waals surface area (Å²) < 4.78 is 1.74. The van der Waals surface area contributed by atoms with E-state index in [4.69, 9.17) is 0 Å². The summed E-state index contributed by atoms with van der Waals surface area (Å²) in [4.78, 5) is 11.4. The van der Waals surface area contributed by atoms with E-state index in [1.54, 1.807) is 16.7 Å². The van der Waals surface area contributed by atoms with Crippen LogP contribution in [0.25, 0.3) is 0 Å². The second kappa shape index (κ2) is 7.28. The van der Waals surface area contributed by atoms with Gasteiger partial charge in [-0.1, -0.05) is 19.9 Å². The lowest BCUT2D eigenvalue weighted by molar-refractivity contribution is 0.439. The average molecular weight is 236 g/mol. The summed E-state index contributed by atoms with van der Waals surface area (Å²) in [6.45, 7) is 8.29. The van der Waals surface area contributed by atoms with Gasteiger partial charge in [0.25, 0.3) is 5.56 Å². The van der Waals surface area contributed by atoms with Crippen LogP contribution >= 0.6 is 0 Å². The SMILES string of the molecule is CC(C)CCC(C)NCCn1ccccc1=O. The van der Waals surface area contributed by atoms with E-state index in [1.165, 1.54) is 12.8 Å². The van der Waals surface area contributed by atoms with Gasteiger partial charge in [0.2, 0.25) is 0 Å². The Kier molecular flexibility index (Phi) is 5.98. The van der Waals surface area contributed by atoms with Gasteiger partial charge in [0.05, 0.1) is 0 Å². The zero-order valence-corrected chi connectivity index (χ0v) is 11.1. The molecule has 17 heavy (non-hydrogen) atoms. The summed E-state index contributed by atoms with van der Waals surface area (Å²) in [6.07, 6.45) is 4.28. The zero-order chi connectivity index (χ0) is 12.7. The van der Waals surface area contributed by atoms with Crippen molar-refractivity contribution >= 4 is 0 Å². The van der Waals surface area contributed by atoms with E-state index in [0.717, 1.165) is 19.0 Å². The highest BCUT2D eigenvalue weighted by molar-refractivity contribution is 4.93. The van der Waals surface area contributed by atoms with Crippen molar-refractivity contribution in [3.05, 3.63) is 34.7 Å². The Morgan fingerprint density at radius 3 is 2.65 bits per heavy atom. The van der Waals surface area contributed by atoms with Crippen molar-refractivity contribution < 1.29 is 0 Å². The van der Waals surface area contributed by atoms with Crippen LogP contribution in [0.15, 0.2) is 29.2 Å². The molecule has 0 aromatic carbocycles. The highest BCUT2D eigenvalue weighted by Gasteiger charge is 2.02. The van der Waals surface area contributed by atoms with Crippen molar-refractivity contribution in [1.29, 1.82) is 0 Å². The molecule has 3 nitrogen and oxygen atoms in total. The first-order valence-corrected chi connectivity index (χ1v) is 6.48. The first-order chi connectivity index (χ1) is 8.09. The Hall–Kier alpha value is -1.09. The largest absolute Gasteiger partial charge is 0.314 e. The van der Waals surface area contributed by atoms with E-state index in [9.17, 15) is 4.79 Å². The second-order valence-corrected chi connectivity index (χ2v) is 5.06. The quantitative estimate of drug-likeness (QED) is 0.788. The number of hydrogen-bond acceptors (Lipinski definition) is 2. The van der Waals surface area contributed by atoms with Crippen LogP contribution in [-0.4, -0.2) is 17.2 Å². The second-order valence-electron chi connectivity index (χ2n) is 5.06. The van der Waals surface area contributed by atoms with E-state index in [2.05, 4.69) is 26.1 Å². The van der Waals surface area contributed by atoms with Crippen LogP contribution in [0, 0.1) is 5.92 Å². The van der Waals surface area contributed by atoms with Gasteiger partial charge < -0.3 is 9.88 Å². The van der Waals surface area contributed by atoms with Gasteiger partial charge in [0.15, 0.2) is 0 Å². The predicted octanol–water partition coefficient (Wildman–Crippen LogP) is 2.26. The molecule has 0 saturated carbocycles. The summed E-state index contributed by atoms with van der Waals surface area (Å²) in [5.41, 5.74) is 0.0733. The molecule has 0 aliphatic rings. The maximum absolute atomic E-state index is 11.4. The lowest BCUT2D eigenvalue weighted by Crippen LogP contribution is -2.32. The smallest absolute Gasteiger partial charge is 0.250 e. The van der Waals surface area contributed by atoms with Crippen molar-refractivity contribution in [1.82, 2.24) is 9.88 Å². The van der Waals surface area contributed by atoms with Gasteiger partial charge in [-0.3, -0.25) is 4.79 Å². The summed E-state index contributed by atoms with van der Waals surface area (Å²) in [6, 6.07) is 5.79. The third-order valence-electron chi connectivity index (χ3n) is 2.92. The Balaban J connectivity index is 2.24. The summed E-state index contributed by atoms with van der Waals surface area (Å²) in [7, 11) is 0. The number of aromatic nitrogens is 1. The van der Waals surface area contributed by atoms with Gasteiger partial charge in [-0.2, -0.15) is 0 Å². The van der Waals surface area contributed by atoms with E-state index < -0.39 is 0 Å². The van der Waals surface area contributed by atoms with Crippen molar-refractivity contribution in [3.63, 3.8) is 0 Å². The predicted molar refractivity (Wildman–Crippen MR) is 72.2 cm³/mol. The monoisotopic (exact) mass is 236 g/mol. The molecule has 0 bridgehead atoms. The van der Waals surface area contributed by atoms with E-state index in [-0.39, 0.29) is 5.56 Å². The zero-order valence-electron chi connectivity index (χ0n) is 11.1. The minimum Gasteiger partial charge on any atom is -0.314 e. The van der Waals surface area contributed by atoms with Crippen LogP contribution in [-0.2, 0) is 6.54 Å². The fourth-order valence-electron chi connectivity index (χ4n) is 1.76. The minimum atomic E-state index is 0.0733. The van der Waals surface area contributed by atoms with Gasteiger partial charge in [-0.15, -0.1) is 0 Å². The van der Waals surface area contributed by atoms with Crippen molar-refractivity contribution in [2.45, 2.75) is 46.2 Å². The van der Waals surface area contributed by atoms with Crippen LogP contribution in [0.1, 0.15) is 33.6 Å². The molecule has 0 saturated heterocycles. The highest BCUT2D eigenvalue weighted by atomic mass is 16.1. The number of nitrogens with one attached hydrogen (secondary N) is 1. The maximum Gasteiger partial charge on any atom is 0.250 e. The molecular formula is C14H24N2O. The first kappa shape index (κ1) is 14.0. The number of rotatable bonds is 7. The first-order valence-electron chi connectivity index (χ1n) is 6.48. The Morgan fingerprint density at radius 1 is 1.24 bits per heavy atom. The van der Waals surface area contributed by atoms with Crippen LogP contribution in [0.4, 0.5) is 0 Å². The molecule has 0 aliphatic heterocycles. The molecule has 1 aromatic heterocycles.